The van der Waals surface area contributed by atoms with Crippen molar-refractivity contribution >= 4 is 17.3 Å². The Labute approximate surface area is 196 Å². The second-order valence-corrected chi connectivity index (χ2v) is 7.94. The normalized spacial score (nSPS) is 13.6. The van der Waals surface area contributed by atoms with Crippen LogP contribution in [0.5, 0.6) is 0 Å². The summed E-state index contributed by atoms with van der Waals surface area (Å²) >= 11 is 0. The topological polar surface area (TPSA) is 96.8 Å². The highest BCUT2D eigenvalue weighted by Gasteiger charge is 2.30. The first-order valence-corrected chi connectivity index (χ1v) is 10.6. The minimum Gasteiger partial charge on any atom is -0.383 e. The van der Waals surface area contributed by atoms with Crippen molar-refractivity contribution in [3.05, 3.63) is 77.5 Å². The van der Waals surface area contributed by atoms with Crippen LogP contribution in [0.15, 0.2) is 59.8 Å². The monoisotopic (exact) mass is 462 g/mol. The van der Waals surface area contributed by atoms with Crippen molar-refractivity contribution in [3.63, 3.8) is 0 Å². The van der Waals surface area contributed by atoms with Gasteiger partial charge in [-0.05, 0) is 36.4 Å². The Morgan fingerprint density at radius 1 is 1.15 bits per heavy atom. The Kier molecular flexibility index (Phi) is 6.67. The van der Waals surface area contributed by atoms with Crippen LogP contribution in [0.4, 0.5) is 20.3 Å². The number of pyridine rings is 1. The molecule has 0 atom stereocenters. The smallest absolute Gasteiger partial charge is 0.184 e. The molecule has 34 heavy (non-hydrogen) atoms. The van der Waals surface area contributed by atoms with Gasteiger partial charge in [0.2, 0.25) is 0 Å². The number of hydrogen-bond donors (Lipinski definition) is 2. The number of hydrogen-bond acceptors (Lipinski definition) is 8. The number of nitrogens with two attached hydrogens (primary N) is 1. The molecule has 0 saturated heterocycles. The van der Waals surface area contributed by atoms with Gasteiger partial charge in [-0.1, -0.05) is 30.3 Å². The highest BCUT2D eigenvalue weighted by molar-refractivity contribution is 6.13. The van der Waals surface area contributed by atoms with E-state index < -0.39 is 11.6 Å². The van der Waals surface area contributed by atoms with Gasteiger partial charge < -0.3 is 10.6 Å². The lowest BCUT2D eigenvalue weighted by Crippen LogP contribution is -2.44. The van der Waals surface area contributed by atoms with E-state index in [9.17, 15) is 8.78 Å². The second-order valence-electron chi connectivity index (χ2n) is 7.94. The summed E-state index contributed by atoms with van der Waals surface area (Å²) in [5, 5.41) is 15.8. The molecule has 4 rings (SSSR count). The average molecular weight is 463 g/mol. The van der Waals surface area contributed by atoms with E-state index in [0.717, 1.165) is 29.3 Å². The molecule has 3 N–H and O–H groups in total. The summed E-state index contributed by atoms with van der Waals surface area (Å²) in [6.07, 6.45) is 2.14. The summed E-state index contributed by atoms with van der Waals surface area (Å²) in [7, 11) is 3.60. The standard InChI is InChI=1S/C24H24F2N8/c1-32(12-4-11-27)15-16-7-9-17(10-8-16)18-13-19(23(28)29-14-18)24-30-31-33(2)34(24)21-6-3-5-20(25)22(21)26/h3,5-10,13-14,31H,4,12,15H2,1-2H3,(H2,28,29). The first-order chi connectivity index (χ1) is 16.4. The van der Waals surface area contributed by atoms with Gasteiger partial charge in [-0.3, -0.25) is 0 Å². The van der Waals surface area contributed by atoms with Crippen LogP contribution in [0.2, 0.25) is 0 Å². The molecule has 174 valence electrons. The first kappa shape index (κ1) is 23.1. The van der Waals surface area contributed by atoms with E-state index in [1.165, 1.54) is 22.3 Å². The van der Waals surface area contributed by atoms with Gasteiger partial charge in [0.05, 0.1) is 11.6 Å². The Bertz CT molecular complexity index is 1250. The van der Waals surface area contributed by atoms with E-state index >= 15 is 0 Å². The summed E-state index contributed by atoms with van der Waals surface area (Å²) in [6, 6.07) is 15.9. The van der Waals surface area contributed by atoms with Crippen LogP contribution in [0.3, 0.4) is 0 Å². The Morgan fingerprint density at radius 3 is 2.65 bits per heavy atom. The molecular formula is C24H24F2N8. The lowest BCUT2D eigenvalue weighted by molar-refractivity contribution is 0.275. The molecule has 0 radical (unpaired) electrons. The van der Waals surface area contributed by atoms with Crippen molar-refractivity contribution in [1.29, 1.82) is 5.26 Å². The highest BCUT2D eigenvalue weighted by Crippen LogP contribution is 2.29. The molecule has 0 amide bonds. The molecular weight excluding hydrogens is 438 g/mol. The molecule has 0 fully saturated rings. The zero-order chi connectivity index (χ0) is 24.2. The fourth-order valence-corrected chi connectivity index (χ4v) is 3.71. The van der Waals surface area contributed by atoms with Crippen LogP contribution < -0.4 is 16.3 Å². The Balaban J connectivity index is 1.62. The third kappa shape index (κ3) is 4.66. The number of nitrogens with zero attached hydrogens (tertiary/aromatic N) is 6. The largest absolute Gasteiger partial charge is 0.383 e. The molecule has 3 aromatic rings. The van der Waals surface area contributed by atoms with Crippen molar-refractivity contribution in [3.8, 4) is 17.2 Å². The maximum Gasteiger partial charge on any atom is 0.184 e. The number of hydrazone groups is 1. The number of halogens is 2. The van der Waals surface area contributed by atoms with Crippen molar-refractivity contribution in [2.24, 2.45) is 5.10 Å². The summed E-state index contributed by atoms with van der Waals surface area (Å²) in [5.41, 5.74) is 12.2. The van der Waals surface area contributed by atoms with Crippen molar-refractivity contribution in [2.75, 3.05) is 31.4 Å². The van der Waals surface area contributed by atoms with Crippen LogP contribution in [0.25, 0.3) is 11.1 Å². The second kappa shape index (κ2) is 9.82. The minimum atomic E-state index is -0.997. The van der Waals surface area contributed by atoms with Crippen LogP contribution >= 0.6 is 0 Å². The molecule has 2 heterocycles. The molecule has 0 unspecified atom stereocenters. The van der Waals surface area contributed by atoms with E-state index in [-0.39, 0.29) is 17.3 Å². The molecule has 8 nitrogen and oxygen atoms in total. The number of nitrogen functional groups attached to an aromatic ring is 1. The summed E-state index contributed by atoms with van der Waals surface area (Å²) in [6.45, 7) is 1.44. The van der Waals surface area contributed by atoms with Gasteiger partial charge in [0.15, 0.2) is 17.5 Å². The van der Waals surface area contributed by atoms with Gasteiger partial charge in [0, 0.05) is 38.3 Å². The number of benzene rings is 2. The Hall–Kier alpha value is -4.07. The maximum absolute atomic E-state index is 14.6. The van der Waals surface area contributed by atoms with Crippen LogP contribution in [-0.4, -0.2) is 41.5 Å². The summed E-state index contributed by atoms with van der Waals surface area (Å²) < 4.78 is 28.5. The number of aromatic nitrogens is 1. The number of amidine groups is 1. The number of nitrogens with one attached hydrogen (secondary N) is 1. The molecule has 0 spiro atoms. The van der Waals surface area contributed by atoms with Gasteiger partial charge in [-0.15, -0.1) is 10.2 Å². The third-order valence-electron chi connectivity index (χ3n) is 5.47. The van der Waals surface area contributed by atoms with Gasteiger partial charge >= 0.3 is 0 Å². The fourth-order valence-electron chi connectivity index (χ4n) is 3.71. The Morgan fingerprint density at radius 2 is 1.91 bits per heavy atom. The zero-order valence-electron chi connectivity index (χ0n) is 18.8. The number of nitriles is 1. The fraction of sp³-hybridized carbons (Fsp3) is 0.208. The van der Waals surface area contributed by atoms with Crippen LogP contribution in [-0.2, 0) is 6.54 Å². The summed E-state index contributed by atoms with van der Waals surface area (Å²) in [5.74, 6) is -1.47. The van der Waals surface area contributed by atoms with Crippen LogP contribution in [0, 0.1) is 23.0 Å². The quantitative estimate of drug-likeness (QED) is 0.555. The molecule has 10 heteroatoms. The van der Waals surface area contributed by atoms with E-state index in [1.807, 2.05) is 37.4 Å². The lowest BCUT2D eigenvalue weighted by Gasteiger charge is -2.26. The zero-order valence-corrected chi connectivity index (χ0v) is 18.8. The van der Waals surface area contributed by atoms with E-state index in [0.29, 0.717) is 18.5 Å². The lowest BCUT2D eigenvalue weighted by atomic mass is 10.0. The molecule has 0 bridgehead atoms. The molecule has 0 aliphatic carbocycles. The minimum absolute atomic E-state index is 0.0130. The maximum atomic E-state index is 14.6. The van der Waals surface area contributed by atoms with Crippen molar-refractivity contribution in [2.45, 2.75) is 13.0 Å². The van der Waals surface area contributed by atoms with Gasteiger partial charge in [-0.2, -0.15) is 5.26 Å². The molecule has 1 aliphatic rings. The number of rotatable bonds is 7. The summed E-state index contributed by atoms with van der Waals surface area (Å²) in [4.78, 5) is 6.40. The third-order valence-corrected chi connectivity index (χ3v) is 5.47. The predicted molar refractivity (Wildman–Crippen MR) is 127 cm³/mol. The predicted octanol–water partition coefficient (Wildman–Crippen LogP) is 3.49. The SMILES string of the molecule is CN(CCC#N)Cc1ccc(-c2cnc(N)c(C3=NNN(C)N3c3cccc(F)c3F)c2)cc1. The van der Waals surface area contributed by atoms with Crippen LogP contribution in [0.1, 0.15) is 17.5 Å². The molecule has 1 aromatic heterocycles. The molecule has 0 saturated carbocycles. The first-order valence-electron chi connectivity index (χ1n) is 10.6. The van der Waals surface area contributed by atoms with Gasteiger partial charge in [-0.25, -0.2) is 24.3 Å². The van der Waals surface area contributed by atoms with Gasteiger partial charge in [0.25, 0.3) is 0 Å². The van der Waals surface area contributed by atoms with Gasteiger partial charge in [0.1, 0.15) is 11.5 Å². The number of hydrazine groups is 2. The molecule has 2 aromatic carbocycles. The van der Waals surface area contributed by atoms with E-state index in [4.69, 9.17) is 11.0 Å². The number of anilines is 2. The van der Waals surface area contributed by atoms with E-state index in [2.05, 4.69) is 26.6 Å². The highest BCUT2D eigenvalue weighted by atomic mass is 19.2. The molecule has 1 aliphatic heterocycles. The van der Waals surface area contributed by atoms with Crippen molar-refractivity contribution in [1.82, 2.24) is 20.5 Å². The van der Waals surface area contributed by atoms with Crippen molar-refractivity contribution < 1.29 is 8.78 Å². The average Bonchev–Trinajstić information content (AvgIpc) is 3.21. The van der Waals surface area contributed by atoms with E-state index in [1.54, 1.807) is 13.2 Å².